The number of hydrogen-bond donors (Lipinski definition) is 5. The Kier molecular flexibility index (Phi) is 7.03. The predicted molar refractivity (Wildman–Crippen MR) is 101 cm³/mol. The number of nitrogens with one attached hydrogen (secondary N) is 3. The number of hydrogen-bond acceptors (Lipinski definition) is 4. The van der Waals surface area contributed by atoms with E-state index in [9.17, 15) is 4.79 Å². The molecule has 0 radical (unpaired) electrons. The second kappa shape index (κ2) is 7.32. The normalized spacial score (nSPS) is 13.5. The highest BCUT2D eigenvalue weighted by molar-refractivity contribution is 7.80. The van der Waals surface area contributed by atoms with Gasteiger partial charge in [-0.1, -0.05) is 13.8 Å². The van der Waals surface area contributed by atoms with Crippen molar-refractivity contribution in [2.45, 2.75) is 84.8 Å². The zero-order chi connectivity index (χ0) is 18.7. The van der Waals surface area contributed by atoms with Crippen molar-refractivity contribution in [3.8, 4) is 0 Å². The van der Waals surface area contributed by atoms with Crippen molar-refractivity contribution in [3.63, 3.8) is 0 Å². The lowest BCUT2D eigenvalue weighted by Crippen LogP contribution is -2.56. The van der Waals surface area contributed by atoms with E-state index < -0.39 is 5.41 Å². The number of carbonyl (C=O) groups is 1. The summed E-state index contributed by atoms with van der Waals surface area (Å²) in [6.07, 6.45) is 1.28. The Morgan fingerprint density at radius 1 is 0.913 bits per heavy atom. The zero-order valence-electron chi connectivity index (χ0n) is 15.9. The Balaban J connectivity index is 4.93. The van der Waals surface area contributed by atoms with Gasteiger partial charge in [0, 0.05) is 22.0 Å². The second-order valence-corrected chi connectivity index (χ2v) is 9.45. The molecule has 136 valence electrons. The van der Waals surface area contributed by atoms with E-state index in [1.54, 1.807) is 0 Å². The average Bonchev–Trinajstić information content (AvgIpc) is 2.21. The van der Waals surface area contributed by atoms with E-state index >= 15 is 0 Å². The third-order valence-corrected chi connectivity index (χ3v) is 3.65. The first-order valence-electron chi connectivity index (χ1n) is 7.90. The first-order chi connectivity index (χ1) is 10.00. The Labute approximate surface area is 146 Å². The molecule has 0 aromatic carbocycles. The molecular weight excluding hydrogens is 310 g/mol. The summed E-state index contributed by atoms with van der Waals surface area (Å²) < 4.78 is 0. The van der Waals surface area contributed by atoms with Crippen molar-refractivity contribution >= 4 is 23.2 Å². The molecule has 23 heavy (non-hydrogen) atoms. The first-order valence-corrected chi connectivity index (χ1v) is 8.31. The molecule has 0 rings (SSSR count). The SMILES string of the molecule is CC(C)(N)CC(C)(C)NC(=O)C(C)(C)CC(C)(C)NC(=S)NN. The molecule has 0 saturated heterocycles. The standard InChI is InChI=1S/C16H35N5OS/c1-13(2,9-15(5,6)20-12(23)21-18)11(22)19-16(7,8)10-14(3,4)17/h9-10,17-18H2,1-8H3,(H,19,22)(H2,20,21,23). The molecule has 0 fully saturated rings. The van der Waals surface area contributed by atoms with Gasteiger partial charge in [0.15, 0.2) is 5.11 Å². The van der Waals surface area contributed by atoms with Gasteiger partial charge in [-0.05, 0) is 66.6 Å². The minimum Gasteiger partial charge on any atom is -0.357 e. The summed E-state index contributed by atoms with van der Waals surface area (Å²) in [5.74, 6) is 5.29. The van der Waals surface area contributed by atoms with Crippen LogP contribution in [0.3, 0.4) is 0 Å². The number of nitrogens with two attached hydrogens (primary N) is 2. The smallest absolute Gasteiger partial charge is 0.226 e. The van der Waals surface area contributed by atoms with E-state index in [2.05, 4.69) is 16.1 Å². The van der Waals surface area contributed by atoms with Gasteiger partial charge >= 0.3 is 0 Å². The number of amides is 1. The maximum atomic E-state index is 12.7. The van der Waals surface area contributed by atoms with Crippen LogP contribution >= 0.6 is 12.2 Å². The van der Waals surface area contributed by atoms with Crippen molar-refractivity contribution in [3.05, 3.63) is 0 Å². The summed E-state index contributed by atoms with van der Waals surface area (Å²) in [6.45, 7) is 15.7. The van der Waals surface area contributed by atoms with E-state index in [0.29, 0.717) is 18.0 Å². The summed E-state index contributed by atoms with van der Waals surface area (Å²) in [5.41, 5.74) is 6.82. The van der Waals surface area contributed by atoms with Gasteiger partial charge in [-0.25, -0.2) is 5.84 Å². The number of thiocarbonyl (C=S) groups is 1. The molecule has 0 spiro atoms. The highest BCUT2D eigenvalue weighted by Gasteiger charge is 2.38. The van der Waals surface area contributed by atoms with Crippen LogP contribution in [0, 0.1) is 5.41 Å². The van der Waals surface area contributed by atoms with Crippen LogP contribution in [-0.4, -0.2) is 27.6 Å². The first kappa shape index (κ1) is 22.1. The molecule has 0 bridgehead atoms. The number of rotatable bonds is 7. The molecule has 7 N–H and O–H groups in total. The third kappa shape index (κ3) is 9.07. The lowest BCUT2D eigenvalue weighted by atomic mass is 9.78. The van der Waals surface area contributed by atoms with Crippen molar-refractivity contribution in [1.82, 2.24) is 16.1 Å². The van der Waals surface area contributed by atoms with Gasteiger partial charge in [-0.2, -0.15) is 0 Å². The molecule has 0 aromatic heterocycles. The maximum absolute atomic E-state index is 12.7. The van der Waals surface area contributed by atoms with Crippen molar-refractivity contribution < 1.29 is 4.79 Å². The Morgan fingerprint density at radius 3 is 1.74 bits per heavy atom. The van der Waals surface area contributed by atoms with Gasteiger partial charge in [-0.15, -0.1) is 0 Å². The van der Waals surface area contributed by atoms with Gasteiger partial charge < -0.3 is 21.8 Å². The average molecular weight is 346 g/mol. The summed E-state index contributed by atoms with van der Waals surface area (Å²) in [7, 11) is 0. The van der Waals surface area contributed by atoms with Gasteiger partial charge in [0.05, 0.1) is 0 Å². The van der Waals surface area contributed by atoms with Crippen molar-refractivity contribution in [2.24, 2.45) is 17.0 Å². The van der Waals surface area contributed by atoms with Gasteiger partial charge in [0.25, 0.3) is 0 Å². The van der Waals surface area contributed by atoms with Crippen LogP contribution in [0.1, 0.15) is 68.2 Å². The Bertz CT molecular complexity index is 438. The largest absolute Gasteiger partial charge is 0.357 e. The zero-order valence-corrected chi connectivity index (χ0v) is 16.7. The molecule has 0 atom stereocenters. The van der Waals surface area contributed by atoms with E-state index in [1.807, 2.05) is 55.4 Å². The lowest BCUT2D eigenvalue weighted by molar-refractivity contribution is -0.132. The fraction of sp³-hybridized carbons (Fsp3) is 0.875. The quantitative estimate of drug-likeness (QED) is 0.272. The minimum absolute atomic E-state index is 0.00625. The van der Waals surface area contributed by atoms with Gasteiger partial charge in [0.2, 0.25) is 5.91 Å². The van der Waals surface area contributed by atoms with Crippen LogP contribution in [0.4, 0.5) is 0 Å². The summed E-state index contributed by atoms with van der Waals surface area (Å²) in [6, 6.07) is 0. The molecular formula is C16H35N5OS. The molecule has 6 nitrogen and oxygen atoms in total. The summed E-state index contributed by atoms with van der Waals surface area (Å²) in [5, 5.41) is 6.59. The topological polar surface area (TPSA) is 105 Å². The van der Waals surface area contributed by atoms with Gasteiger partial charge in [-0.3, -0.25) is 4.79 Å². The third-order valence-electron chi connectivity index (χ3n) is 3.43. The molecule has 0 saturated carbocycles. The predicted octanol–water partition coefficient (Wildman–Crippen LogP) is 1.54. The summed E-state index contributed by atoms with van der Waals surface area (Å²) in [4.78, 5) is 12.7. The van der Waals surface area contributed by atoms with Crippen molar-refractivity contribution in [2.75, 3.05) is 0 Å². The van der Waals surface area contributed by atoms with Crippen LogP contribution in [0.25, 0.3) is 0 Å². The molecule has 0 aliphatic heterocycles. The lowest BCUT2D eigenvalue weighted by Gasteiger charge is -2.39. The molecule has 0 aromatic rings. The van der Waals surface area contributed by atoms with E-state index in [0.717, 1.165) is 0 Å². The highest BCUT2D eigenvalue weighted by atomic mass is 32.1. The van der Waals surface area contributed by atoms with Crippen LogP contribution in [0.15, 0.2) is 0 Å². The van der Waals surface area contributed by atoms with Gasteiger partial charge in [0.1, 0.15) is 0 Å². The number of hydrazine groups is 1. The molecule has 7 heteroatoms. The molecule has 0 aliphatic carbocycles. The maximum Gasteiger partial charge on any atom is 0.226 e. The molecule has 1 amide bonds. The van der Waals surface area contributed by atoms with E-state index in [4.69, 9.17) is 23.8 Å². The van der Waals surface area contributed by atoms with E-state index in [1.165, 1.54) is 0 Å². The molecule has 0 heterocycles. The van der Waals surface area contributed by atoms with Crippen LogP contribution in [0.2, 0.25) is 0 Å². The minimum atomic E-state index is -0.573. The number of carbonyl (C=O) groups excluding carboxylic acids is 1. The second-order valence-electron chi connectivity index (χ2n) is 9.05. The molecule has 0 aliphatic rings. The Hall–Kier alpha value is -0.920. The Morgan fingerprint density at radius 2 is 1.35 bits per heavy atom. The van der Waals surface area contributed by atoms with Crippen LogP contribution in [-0.2, 0) is 4.79 Å². The molecule has 0 unspecified atom stereocenters. The highest BCUT2D eigenvalue weighted by Crippen LogP contribution is 2.29. The van der Waals surface area contributed by atoms with Crippen LogP contribution in [0.5, 0.6) is 0 Å². The van der Waals surface area contributed by atoms with Crippen LogP contribution < -0.4 is 27.6 Å². The fourth-order valence-corrected chi connectivity index (χ4v) is 3.51. The fourth-order valence-electron chi connectivity index (χ4n) is 3.23. The van der Waals surface area contributed by atoms with Crippen molar-refractivity contribution in [1.29, 1.82) is 0 Å². The summed E-state index contributed by atoms with van der Waals surface area (Å²) >= 11 is 5.04. The van der Waals surface area contributed by atoms with E-state index in [-0.39, 0.29) is 22.5 Å². The monoisotopic (exact) mass is 345 g/mol.